The van der Waals surface area contributed by atoms with Gasteiger partial charge in [-0.05, 0) is 31.2 Å². The SMILES string of the molecule is C[C@@H](NC(=O)CCN1C(=O)c2ccccc2C1=O)c1cc2ccccc2o1. The number of carbonyl (C=O) groups is 3. The van der Waals surface area contributed by atoms with Crippen LogP contribution >= 0.6 is 0 Å². The molecule has 0 fully saturated rings. The molecule has 3 amide bonds. The second-order valence-electron chi connectivity index (χ2n) is 6.53. The van der Waals surface area contributed by atoms with Gasteiger partial charge < -0.3 is 9.73 Å². The van der Waals surface area contributed by atoms with Crippen molar-refractivity contribution < 1.29 is 18.8 Å². The van der Waals surface area contributed by atoms with Gasteiger partial charge in [-0.2, -0.15) is 0 Å². The first kappa shape index (κ1) is 17.0. The molecule has 2 aromatic carbocycles. The summed E-state index contributed by atoms with van der Waals surface area (Å²) in [6.45, 7) is 1.88. The zero-order valence-corrected chi connectivity index (χ0v) is 14.8. The number of rotatable bonds is 5. The fraction of sp³-hybridized carbons (Fsp3) is 0.190. The number of carbonyl (C=O) groups excluding carboxylic acids is 3. The summed E-state index contributed by atoms with van der Waals surface area (Å²) >= 11 is 0. The smallest absolute Gasteiger partial charge is 0.261 e. The molecule has 0 aliphatic carbocycles. The Morgan fingerprint density at radius 1 is 1.04 bits per heavy atom. The van der Waals surface area contributed by atoms with Gasteiger partial charge >= 0.3 is 0 Å². The number of nitrogens with one attached hydrogen (secondary N) is 1. The third-order valence-corrected chi connectivity index (χ3v) is 4.69. The maximum atomic E-state index is 12.3. The number of hydrogen-bond donors (Lipinski definition) is 1. The molecule has 136 valence electrons. The molecule has 2 heterocycles. The summed E-state index contributed by atoms with van der Waals surface area (Å²) in [6.07, 6.45) is 0.0377. The van der Waals surface area contributed by atoms with Crippen molar-refractivity contribution in [1.29, 1.82) is 0 Å². The lowest BCUT2D eigenvalue weighted by atomic mass is 10.1. The molecule has 0 saturated heterocycles. The van der Waals surface area contributed by atoms with E-state index >= 15 is 0 Å². The van der Waals surface area contributed by atoms with Crippen molar-refractivity contribution in [3.8, 4) is 0 Å². The van der Waals surface area contributed by atoms with Crippen LogP contribution in [0.3, 0.4) is 0 Å². The van der Waals surface area contributed by atoms with Gasteiger partial charge in [-0.15, -0.1) is 0 Å². The lowest BCUT2D eigenvalue weighted by molar-refractivity contribution is -0.121. The molecule has 0 unspecified atom stereocenters. The zero-order valence-electron chi connectivity index (χ0n) is 14.8. The van der Waals surface area contributed by atoms with E-state index in [1.807, 2.05) is 37.3 Å². The molecule has 6 heteroatoms. The standard InChI is InChI=1S/C21H18N2O4/c1-13(18-12-14-6-2-5-9-17(14)27-18)22-19(24)10-11-23-20(25)15-7-3-4-8-16(15)21(23)26/h2-9,12-13H,10-11H2,1H3,(H,22,24)/t13-/m1/s1. The number of hydrogen-bond acceptors (Lipinski definition) is 4. The molecule has 1 aliphatic rings. The Balaban J connectivity index is 1.37. The van der Waals surface area contributed by atoms with Crippen molar-refractivity contribution in [3.63, 3.8) is 0 Å². The number of imide groups is 1. The molecular formula is C21H18N2O4. The first-order valence-corrected chi connectivity index (χ1v) is 8.77. The van der Waals surface area contributed by atoms with Gasteiger partial charge in [0.2, 0.25) is 5.91 Å². The molecule has 0 saturated carbocycles. The van der Waals surface area contributed by atoms with Crippen LogP contribution in [-0.4, -0.2) is 29.2 Å². The molecular weight excluding hydrogens is 344 g/mol. The van der Waals surface area contributed by atoms with Crippen LogP contribution in [0.1, 0.15) is 45.9 Å². The minimum Gasteiger partial charge on any atom is -0.459 e. The molecule has 6 nitrogen and oxygen atoms in total. The number of fused-ring (bicyclic) bond motifs is 2. The van der Waals surface area contributed by atoms with Gasteiger partial charge in [0.1, 0.15) is 11.3 Å². The third-order valence-electron chi connectivity index (χ3n) is 4.69. The topological polar surface area (TPSA) is 79.6 Å². The summed E-state index contributed by atoms with van der Waals surface area (Å²) in [5.74, 6) is -0.299. The van der Waals surface area contributed by atoms with Gasteiger partial charge in [0.15, 0.2) is 0 Å². The maximum absolute atomic E-state index is 12.3. The van der Waals surface area contributed by atoms with Crippen molar-refractivity contribution >= 4 is 28.7 Å². The fourth-order valence-corrected chi connectivity index (χ4v) is 3.26. The van der Waals surface area contributed by atoms with E-state index in [4.69, 9.17) is 4.42 Å². The number of benzene rings is 2. The fourth-order valence-electron chi connectivity index (χ4n) is 3.26. The number of para-hydroxylation sites is 1. The van der Waals surface area contributed by atoms with E-state index in [1.165, 1.54) is 0 Å². The molecule has 3 aromatic rings. The minimum absolute atomic E-state index is 0.0377. The summed E-state index contributed by atoms with van der Waals surface area (Å²) in [4.78, 5) is 38.0. The van der Waals surface area contributed by atoms with Gasteiger partial charge in [-0.1, -0.05) is 30.3 Å². The summed E-state index contributed by atoms with van der Waals surface area (Å²) in [7, 11) is 0. The zero-order chi connectivity index (χ0) is 19.0. The van der Waals surface area contributed by atoms with Crippen LogP contribution in [0.2, 0.25) is 0 Å². The first-order chi connectivity index (χ1) is 13.0. The van der Waals surface area contributed by atoms with Gasteiger partial charge in [-0.3, -0.25) is 19.3 Å². The average molecular weight is 362 g/mol. The lowest BCUT2D eigenvalue weighted by Crippen LogP contribution is -2.35. The molecule has 0 radical (unpaired) electrons. The monoisotopic (exact) mass is 362 g/mol. The van der Waals surface area contributed by atoms with Crippen molar-refractivity contribution in [3.05, 3.63) is 71.5 Å². The van der Waals surface area contributed by atoms with Crippen LogP contribution in [0, 0.1) is 0 Å². The largest absolute Gasteiger partial charge is 0.459 e. The minimum atomic E-state index is -0.353. The lowest BCUT2D eigenvalue weighted by Gasteiger charge is -2.15. The van der Waals surface area contributed by atoms with Crippen molar-refractivity contribution in [2.45, 2.75) is 19.4 Å². The van der Waals surface area contributed by atoms with E-state index in [2.05, 4.69) is 5.32 Å². The summed E-state index contributed by atoms with van der Waals surface area (Å²) in [5, 5.41) is 3.82. The van der Waals surface area contributed by atoms with E-state index in [0.717, 1.165) is 15.9 Å². The third kappa shape index (κ3) is 3.10. The van der Waals surface area contributed by atoms with E-state index < -0.39 is 0 Å². The molecule has 1 aliphatic heterocycles. The summed E-state index contributed by atoms with van der Waals surface area (Å²) < 4.78 is 5.75. The van der Waals surface area contributed by atoms with Crippen LogP contribution in [0.5, 0.6) is 0 Å². The highest BCUT2D eigenvalue weighted by Gasteiger charge is 2.35. The van der Waals surface area contributed by atoms with Gasteiger partial charge in [-0.25, -0.2) is 0 Å². The van der Waals surface area contributed by atoms with Crippen LogP contribution in [0.4, 0.5) is 0 Å². The molecule has 0 bridgehead atoms. The quantitative estimate of drug-likeness (QED) is 0.706. The molecule has 27 heavy (non-hydrogen) atoms. The van der Waals surface area contributed by atoms with E-state index in [-0.39, 0.29) is 36.7 Å². The van der Waals surface area contributed by atoms with Crippen LogP contribution in [-0.2, 0) is 4.79 Å². The molecule has 1 aromatic heterocycles. The van der Waals surface area contributed by atoms with Crippen LogP contribution in [0.25, 0.3) is 11.0 Å². The van der Waals surface area contributed by atoms with Crippen molar-refractivity contribution in [2.75, 3.05) is 6.54 Å². The molecule has 1 atom stereocenters. The predicted octanol–water partition coefficient (Wildman–Crippen LogP) is 3.30. The molecule has 0 spiro atoms. The van der Waals surface area contributed by atoms with Gasteiger partial charge in [0.05, 0.1) is 17.2 Å². The average Bonchev–Trinajstić information content (AvgIpc) is 3.21. The summed E-state index contributed by atoms with van der Waals surface area (Å²) in [6, 6.07) is 15.9. The molecule has 1 N–H and O–H groups in total. The second kappa shape index (κ2) is 6.72. The highest BCUT2D eigenvalue weighted by atomic mass is 16.3. The van der Waals surface area contributed by atoms with Crippen molar-refractivity contribution in [2.24, 2.45) is 0 Å². The normalized spacial score (nSPS) is 14.5. The van der Waals surface area contributed by atoms with Crippen molar-refractivity contribution in [1.82, 2.24) is 10.2 Å². The highest BCUT2D eigenvalue weighted by molar-refractivity contribution is 6.21. The Kier molecular flexibility index (Phi) is 4.24. The maximum Gasteiger partial charge on any atom is 0.261 e. The Morgan fingerprint density at radius 3 is 2.33 bits per heavy atom. The number of nitrogens with zero attached hydrogens (tertiary/aromatic N) is 1. The summed E-state index contributed by atoms with van der Waals surface area (Å²) in [5.41, 5.74) is 1.54. The Bertz CT molecular complexity index is 985. The van der Waals surface area contributed by atoms with Gasteiger partial charge in [0.25, 0.3) is 11.8 Å². The van der Waals surface area contributed by atoms with Crippen LogP contribution < -0.4 is 5.32 Å². The first-order valence-electron chi connectivity index (χ1n) is 8.77. The number of furan rings is 1. The Labute approximate surface area is 155 Å². The molecule has 4 rings (SSSR count). The Hall–Kier alpha value is -3.41. The second-order valence-corrected chi connectivity index (χ2v) is 6.53. The Morgan fingerprint density at radius 2 is 1.67 bits per heavy atom. The van der Waals surface area contributed by atoms with Gasteiger partial charge in [0, 0.05) is 18.4 Å². The van der Waals surface area contributed by atoms with E-state index in [1.54, 1.807) is 24.3 Å². The van der Waals surface area contributed by atoms with E-state index in [0.29, 0.717) is 16.9 Å². The van der Waals surface area contributed by atoms with E-state index in [9.17, 15) is 14.4 Å². The van der Waals surface area contributed by atoms with Crippen LogP contribution in [0.15, 0.2) is 59.0 Å². The highest BCUT2D eigenvalue weighted by Crippen LogP contribution is 2.24. The predicted molar refractivity (Wildman–Crippen MR) is 99.2 cm³/mol. The number of amides is 3.